The van der Waals surface area contributed by atoms with Crippen molar-refractivity contribution in [3.63, 3.8) is 0 Å². The molecule has 0 radical (unpaired) electrons. The van der Waals surface area contributed by atoms with Gasteiger partial charge in [-0.15, -0.1) is 0 Å². The topological polar surface area (TPSA) is 70.2 Å². The summed E-state index contributed by atoms with van der Waals surface area (Å²) in [6.45, 7) is 1.92. The SMILES string of the molecule is CCCC(=O)NNC(=O)NC1CCCCC1. The summed E-state index contributed by atoms with van der Waals surface area (Å²) < 4.78 is 0. The molecular weight excluding hydrogens is 206 g/mol. The fraction of sp³-hybridized carbons (Fsp3) is 0.818. The summed E-state index contributed by atoms with van der Waals surface area (Å²) in [5.41, 5.74) is 4.74. The van der Waals surface area contributed by atoms with Crippen LogP contribution < -0.4 is 16.2 Å². The lowest BCUT2D eigenvalue weighted by Crippen LogP contribution is -2.50. The highest BCUT2D eigenvalue weighted by Crippen LogP contribution is 2.16. The standard InChI is InChI=1S/C11H21N3O2/c1-2-6-10(15)13-14-11(16)12-9-7-4-3-5-8-9/h9H,2-8H2,1H3,(H,13,15)(H2,12,14,16). The Morgan fingerprint density at radius 2 is 1.81 bits per heavy atom. The molecule has 0 aliphatic heterocycles. The molecule has 0 unspecified atom stereocenters. The molecule has 3 N–H and O–H groups in total. The fourth-order valence-corrected chi connectivity index (χ4v) is 1.88. The first-order valence-electron chi connectivity index (χ1n) is 6.07. The zero-order valence-corrected chi connectivity index (χ0v) is 9.84. The molecule has 1 rings (SSSR count). The average molecular weight is 227 g/mol. The highest BCUT2D eigenvalue weighted by Gasteiger charge is 2.15. The minimum atomic E-state index is -0.309. The van der Waals surface area contributed by atoms with Crippen molar-refractivity contribution in [3.05, 3.63) is 0 Å². The van der Waals surface area contributed by atoms with Crippen molar-refractivity contribution in [3.8, 4) is 0 Å². The molecule has 3 amide bonds. The number of amides is 3. The third-order valence-electron chi connectivity index (χ3n) is 2.73. The zero-order valence-electron chi connectivity index (χ0n) is 9.84. The van der Waals surface area contributed by atoms with Crippen molar-refractivity contribution < 1.29 is 9.59 Å². The maximum Gasteiger partial charge on any atom is 0.333 e. The van der Waals surface area contributed by atoms with E-state index in [1.54, 1.807) is 0 Å². The normalized spacial score (nSPS) is 16.6. The Morgan fingerprint density at radius 1 is 1.12 bits per heavy atom. The van der Waals surface area contributed by atoms with Crippen molar-refractivity contribution in [1.29, 1.82) is 0 Å². The van der Waals surface area contributed by atoms with Crippen molar-refractivity contribution in [2.75, 3.05) is 0 Å². The fourth-order valence-electron chi connectivity index (χ4n) is 1.88. The summed E-state index contributed by atoms with van der Waals surface area (Å²) in [7, 11) is 0. The van der Waals surface area contributed by atoms with Gasteiger partial charge >= 0.3 is 6.03 Å². The molecule has 0 heterocycles. The smallest absolute Gasteiger partial charge is 0.333 e. The second kappa shape index (κ2) is 7.09. The maximum atomic E-state index is 11.4. The van der Waals surface area contributed by atoms with Crippen molar-refractivity contribution >= 4 is 11.9 Å². The van der Waals surface area contributed by atoms with Gasteiger partial charge < -0.3 is 5.32 Å². The van der Waals surface area contributed by atoms with Gasteiger partial charge in [0.05, 0.1) is 0 Å². The molecule has 0 bridgehead atoms. The molecule has 1 fully saturated rings. The van der Waals surface area contributed by atoms with Gasteiger partial charge in [0.2, 0.25) is 5.91 Å². The molecule has 0 saturated heterocycles. The van der Waals surface area contributed by atoms with E-state index in [0.29, 0.717) is 6.42 Å². The Morgan fingerprint density at radius 3 is 2.44 bits per heavy atom. The van der Waals surface area contributed by atoms with Gasteiger partial charge in [-0.25, -0.2) is 10.2 Å². The molecule has 1 aliphatic rings. The van der Waals surface area contributed by atoms with Crippen LogP contribution in [0.1, 0.15) is 51.9 Å². The lowest BCUT2D eigenvalue weighted by Gasteiger charge is -2.22. The Bertz CT molecular complexity index is 237. The van der Waals surface area contributed by atoms with Crippen molar-refractivity contribution in [2.24, 2.45) is 0 Å². The van der Waals surface area contributed by atoms with Gasteiger partial charge in [0, 0.05) is 12.5 Å². The summed E-state index contributed by atoms with van der Waals surface area (Å²) in [5, 5.41) is 2.85. The average Bonchev–Trinajstić information content (AvgIpc) is 2.28. The van der Waals surface area contributed by atoms with Crippen LogP contribution in [-0.4, -0.2) is 18.0 Å². The second-order valence-corrected chi connectivity index (χ2v) is 4.23. The Kier molecular flexibility index (Phi) is 5.67. The number of urea groups is 1. The van der Waals surface area contributed by atoms with Gasteiger partial charge in [0.1, 0.15) is 0 Å². The molecule has 16 heavy (non-hydrogen) atoms. The first kappa shape index (κ1) is 12.8. The molecule has 1 saturated carbocycles. The van der Waals surface area contributed by atoms with E-state index >= 15 is 0 Å². The Balaban J connectivity index is 2.12. The van der Waals surface area contributed by atoms with E-state index in [9.17, 15) is 9.59 Å². The largest absolute Gasteiger partial charge is 0.334 e. The molecule has 0 aromatic carbocycles. The third-order valence-corrected chi connectivity index (χ3v) is 2.73. The van der Waals surface area contributed by atoms with Crippen LogP contribution in [0.25, 0.3) is 0 Å². The predicted molar refractivity (Wildman–Crippen MR) is 61.6 cm³/mol. The summed E-state index contributed by atoms with van der Waals surface area (Å²) in [6, 6.07) is -0.0480. The van der Waals surface area contributed by atoms with E-state index in [1.807, 2.05) is 6.92 Å². The van der Waals surface area contributed by atoms with Gasteiger partial charge in [-0.3, -0.25) is 10.2 Å². The van der Waals surface area contributed by atoms with E-state index in [-0.39, 0.29) is 18.0 Å². The summed E-state index contributed by atoms with van der Waals surface area (Å²) in [5.74, 6) is -0.152. The van der Waals surface area contributed by atoms with Crippen LogP contribution in [0.4, 0.5) is 4.79 Å². The second-order valence-electron chi connectivity index (χ2n) is 4.23. The van der Waals surface area contributed by atoms with Crippen LogP contribution in [0.2, 0.25) is 0 Å². The number of hydrazine groups is 1. The van der Waals surface area contributed by atoms with Gasteiger partial charge in [0.25, 0.3) is 0 Å². The van der Waals surface area contributed by atoms with E-state index < -0.39 is 0 Å². The molecule has 0 aromatic rings. The molecule has 5 nitrogen and oxygen atoms in total. The highest BCUT2D eigenvalue weighted by atomic mass is 16.2. The zero-order chi connectivity index (χ0) is 11.8. The van der Waals surface area contributed by atoms with Crippen LogP contribution in [0.15, 0.2) is 0 Å². The Hall–Kier alpha value is -1.26. The molecule has 5 heteroatoms. The van der Waals surface area contributed by atoms with Crippen LogP contribution in [0, 0.1) is 0 Å². The lowest BCUT2D eigenvalue weighted by molar-refractivity contribution is -0.121. The number of hydrogen-bond acceptors (Lipinski definition) is 2. The minimum Gasteiger partial charge on any atom is -0.334 e. The Labute approximate surface area is 96.3 Å². The van der Waals surface area contributed by atoms with E-state index in [2.05, 4.69) is 16.2 Å². The first-order valence-corrected chi connectivity index (χ1v) is 6.07. The van der Waals surface area contributed by atoms with Gasteiger partial charge in [-0.2, -0.15) is 0 Å². The summed E-state index contributed by atoms with van der Waals surface area (Å²) in [6.07, 6.45) is 6.89. The third kappa shape index (κ3) is 5.00. The monoisotopic (exact) mass is 227 g/mol. The van der Waals surface area contributed by atoms with E-state index in [1.165, 1.54) is 19.3 Å². The first-order chi connectivity index (χ1) is 7.72. The van der Waals surface area contributed by atoms with E-state index in [4.69, 9.17) is 0 Å². The maximum absolute atomic E-state index is 11.4. The lowest BCUT2D eigenvalue weighted by atomic mass is 9.96. The molecule has 92 valence electrons. The molecule has 0 aromatic heterocycles. The quantitative estimate of drug-likeness (QED) is 0.639. The van der Waals surface area contributed by atoms with Crippen LogP contribution in [0.5, 0.6) is 0 Å². The molecule has 0 spiro atoms. The van der Waals surface area contributed by atoms with Crippen molar-refractivity contribution in [1.82, 2.24) is 16.2 Å². The van der Waals surface area contributed by atoms with Crippen LogP contribution in [-0.2, 0) is 4.79 Å². The number of carbonyl (C=O) groups is 2. The summed E-state index contributed by atoms with van der Waals surface area (Å²) >= 11 is 0. The van der Waals surface area contributed by atoms with E-state index in [0.717, 1.165) is 19.3 Å². The summed E-state index contributed by atoms with van der Waals surface area (Å²) in [4.78, 5) is 22.5. The molecular formula is C11H21N3O2. The molecule has 0 atom stereocenters. The van der Waals surface area contributed by atoms with Gasteiger partial charge in [-0.05, 0) is 19.3 Å². The predicted octanol–water partition coefficient (Wildman–Crippen LogP) is 1.45. The van der Waals surface area contributed by atoms with Gasteiger partial charge in [-0.1, -0.05) is 26.2 Å². The van der Waals surface area contributed by atoms with Crippen LogP contribution in [0.3, 0.4) is 0 Å². The van der Waals surface area contributed by atoms with Crippen LogP contribution >= 0.6 is 0 Å². The molecule has 1 aliphatic carbocycles. The van der Waals surface area contributed by atoms with Crippen molar-refractivity contribution in [2.45, 2.75) is 57.9 Å². The number of rotatable bonds is 3. The number of hydrogen-bond donors (Lipinski definition) is 3. The minimum absolute atomic E-state index is 0.152. The number of carbonyl (C=O) groups excluding carboxylic acids is 2. The van der Waals surface area contributed by atoms with Gasteiger partial charge in [0.15, 0.2) is 0 Å². The highest BCUT2D eigenvalue weighted by molar-refractivity contribution is 5.81. The number of nitrogens with one attached hydrogen (secondary N) is 3.